The highest BCUT2D eigenvalue weighted by Crippen LogP contribution is 2.16. The molecule has 6 heteroatoms. The zero-order chi connectivity index (χ0) is 13.8. The van der Waals surface area contributed by atoms with Crippen LogP contribution >= 0.6 is 22.9 Å². The summed E-state index contributed by atoms with van der Waals surface area (Å²) in [5.74, 6) is -0.121. The van der Waals surface area contributed by atoms with E-state index < -0.39 is 0 Å². The largest absolute Gasteiger partial charge is 0.374 e. The monoisotopic (exact) mass is 295 g/mol. The second-order valence-corrected chi connectivity index (χ2v) is 5.45. The maximum atomic E-state index is 12.0. The van der Waals surface area contributed by atoms with Crippen molar-refractivity contribution in [3.63, 3.8) is 0 Å². The van der Waals surface area contributed by atoms with Gasteiger partial charge in [0.25, 0.3) is 0 Å². The molecule has 0 aliphatic carbocycles. The lowest BCUT2D eigenvalue weighted by Crippen LogP contribution is -2.31. The summed E-state index contributed by atoms with van der Waals surface area (Å²) < 4.78 is 0. The Bertz CT molecular complexity index is 568. The number of rotatable bonds is 4. The first-order chi connectivity index (χ1) is 9.04. The number of hydrogen-bond acceptors (Lipinski definition) is 4. The number of anilines is 2. The van der Waals surface area contributed by atoms with Crippen molar-refractivity contribution < 1.29 is 4.79 Å². The molecule has 4 nitrogen and oxygen atoms in total. The van der Waals surface area contributed by atoms with Crippen LogP contribution in [0, 0.1) is 6.92 Å². The molecule has 1 aromatic heterocycles. The predicted molar refractivity (Wildman–Crippen MR) is 80.0 cm³/mol. The summed E-state index contributed by atoms with van der Waals surface area (Å²) in [6.07, 6.45) is 0. The molecule has 1 amide bonds. The van der Waals surface area contributed by atoms with Crippen molar-refractivity contribution in [3.05, 3.63) is 40.4 Å². The first-order valence-electron chi connectivity index (χ1n) is 5.79. The van der Waals surface area contributed by atoms with E-state index in [0.29, 0.717) is 10.2 Å². The predicted octanol–water partition coefficient (Wildman–Crippen LogP) is 3.54. The fourth-order valence-electron chi connectivity index (χ4n) is 1.49. The molecule has 0 spiro atoms. The minimum absolute atomic E-state index is 0.121. The average Bonchev–Trinajstić information content (AvgIpc) is 2.77. The summed E-state index contributed by atoms with van der Waals surface area (Å²) in [4.78, 5) is 16.2. The minimum Gasteiger partial charge on any atom is -0.374 e. The van der Waals surface area contributed by atoms with E-state index in [9.17, 15) is 4.79 Å². The molecule has 2 aromatic rings. The van der Waals surface area contributed by atoms with Crippen molar-refractivity contribution in [2.75, 3.05) is 10.6 Å². The number of halogens is 1. The zero-order valence-corrected chi connectivity index (χ0v) is 12.2. The molecule has 19 heavy (non-hydrogen) atoms. The molecule has 0 bridgehead atoms. The molecule has 0 unspecified atom stereocenters. The maximum absolute atomic E-state index is 12.0. The van der Waals surface area contributed by atoms with E-state index in [-0.39, 0.29) is 11.9 Å². The Morgan fingerprint density at radius 2 is 2.05 bits per heavy atom. The van der Waals surface area contributed by atoms with Crippen LogP contribution in [-0.4, -0.2) is 16.9 Å². The topological polar surface area (TPSA) is 54.0 Å². The Hall–Kier alpha value is -1.59. The highest BCUT2D eigenvalue weighted by Gasteiger charge is 2.14. The van der Waals surface area contributed by atoms with Crippen LogP contribution in [-0.2, 0) is 4.79 Å². The van der Waals surface area contributed by atoms with E-state index in [4.69, 9.17) is 11.6 Å². The number of nitrogens with one attached hydrogen (secondary N) is 2. The maximum Gasteiger partial charge on any atom is 0.248 e. The third kappa shape index (κ3) is 3.94. The lowest BCUT2D eigenvalue weighted by Gasteiger charge is -2.14. The Morgan fingerprint density at radius 3 is 2.63 bits per heavy atom. The van der Waals surface area contributed by atoms with Gasteiger partial charge in [-0.3, -0.25) is 4.79 Å². The number of hydrogen-bond donors (Lipinski definition) is 2. The first kappa shape index (κ1) is 13.8. The molecular formula is C13H14ClN3OS. The first-order valence-corrected chi connectivity index (χ1v) is 7.05. The van der Waals surface area contributed by atoms with Crippen LogP contribution in [0.4, 0.5) is 10.8 Å². The van der Waals surface area contributed by atoms with Gasteiger partial charge in [0.05, 0.1) is 5.69 Å². The zero-order valence-electron chi connectivity index (χ0n) is 10.6. The molecule has 0 aliphatic rings. The van der Waals surface area contributed by atoms with Crippen molar-refractivity contribution >= 4 is 39.7 Å². The van der Waals surface area contributed by atoms with Gasteiger partial charge in [-0.1, -0.05) is 11.6 Å². The summed E-state index contributed by atoms with van der Waals surface area (Å²) in [5.41, 5.74) is 1.75. The molecule has 2 N–H and O–H groups in total. The van der Waals surface area contributed by atoms with E-state index in [2.05, 4.69) is 15.6 Å². The lowest BCUT2D eigenvalue weighted by molar-refractivity contribution is -0.116. The van der Waals surface area contributed by atoms with Gasteiger partial charge in [0.2, 0.25) is 5.91 Å². The molecule has 0 saturated carbocycles. The van der Waals surface area contributed by atoms with Gasteiger partial charge in [-0.25, -0.2) is 4.98 Å². The fourth-order valence-corrected chi connectivity index (χ4v) is 2.30. The van der Waals surface area contributed by atoms with Crippen LogP contribution in [0.2, 0.25) is 5.02 Å². The van der Waals surface area contributed by atoms with E-state index in [0.717, 1.165) is 11.4 Å². The number of carbonyl (C=O) groups excluding carboxylic acids is 1. The minimum atomic E-state index is -0.356. The van der Waals surface area contributed by atoms with Crippen LogP contribution in [0.3, 0.4) is 0 Å². The molecule has 1 heterocycles. The number of thiazole rings is 1. The Morgan fingerprint density at radius 1 is 1.37 bits per heavy atom. The van der Waals surface area contributed by atoms with Crippen molar-refractivity contribution in [2.45, 2.75) is 19.9 Å². The van der Waals surface area contributed by atoms with Crippen molar-refractivity contribution in [2.24, 2.45) is 0 Å². The molecule has 1 aromatic carbocycles. The van der Waals surface area contributed by atoms with Gasteiger partial charge in [0.15, 0.2) is 5.13 Å². The van der Waals surface area contributed by atoms with Crippen LogP contribution in [0.5, 0.6) is 0 Å². The van der Waals surface area contributed by atoms with Gasteiger partial charge in [-0.05, 0) is 38.1 Å². The molecule has 100 valence electrons. The standard InChI is InChI=1S/C13H14ClN3OS/c1-8-7-19-13(15-8)17-12(18)9(2)16-11-5-3-10(14)4-6-11/h3-7,9,16H,1-2H3,(H,15,17,18)/t9-/m0/s1. The third-order valence-electron chi connectivity index (χ3n) is 2.47. The second-order valence-electron chi connectivity index (χ2n) is 4.16. The smallest absolute Gasteiger partial charge is 0.248 e. The number of aromatic nitrogens is 1. The van der Waals surface area contributed by atoms with E-state index in [1.807, 2.05) is 24.4 Å². The quantitative estimate of drug-likeness (QED) is 0.907. The molecule has 1 atom stereocenters. The highest BCUT2D eigenvalue weighted by molar-refractivity contribution is 7.13. The van der Waals surface area contributed by atoms with Crippen molar-refractivity contribution in [1.29, 1.82) is 0 Å². The number of nitrogens with zero attached hydrogens (tertiary/aromatic N) is 1. The van der Waals surface area contributed by atoms with Gasteiger partial charge in [-0.2, -0.15) is 0 Å². The third-order valence-corrected chi connectivity index (χ3v) is 3.60. The number of carbonyl (C=O) groups is 1. The molecule has 2 rings (SSSR count). The van der Waals surface area contributed by atoms with Gasteiger partial charge in [0, 0.05) is 16.1 Å². The molecule has 0 radical (unpaired) electrons. The van der Waals surface area contributed by atoms with E-state index in [1.54, 1.807) is 19.1 Å². The lowest BCUT2D eigenvalue weighted by atomic mass is 10.2. The normalized spacial score (nSPS) is 11.9. The van der Waals surface area contributed by atoms with E-state index >= 15 is 0 Å². The van der Waals surface area contributed by atoms with Gasteiger partial charge in [-0.15, -0.1) is 11.3 Å². The van der Waals surface area contributed by atoms with Gasteiger partial charge >= 0.3 is 0 Å². The SMILES string of the molecule is Cc1csc(NC(=O)[C@H](C)Nc2ccc(Cl)cc2)n1. The van der Waals surface area contributed by atoms with Crippen LogP contribution in [0.15, 0.2) is 29.6 Å². The van der Waals surface area contributed by atoms with Gasteiger partial charge in [0.1, 0.15) is 6.04 Å². The molecular weight excluding hydrogens is 282 g/mol. The number of aryl methyl sites for hydroxylation is 1. The van der Waals surface area contributed by atoms with Crippen LogP contribution in [0.1, 0.15) is 12.6 Å². The molecule has 0 saturated heterocycles. The number of benzene rings is 1. The van der Waals surface area contributed by atoms with E-state index in [1.165, 1.54) is 11.3 Å². The molecule has 0 aliphatic heterocycles. The fraction of sp³-hybridized carbons (Fsp3) is 0.231. The summed E-state index contributed by atoms with van der Waals surface area (Å²) in [5, 5.41) is 9.06. The number of amides is 1. The second kappa shape index (κ2) is 6.04. The summed E-state index contributed by atoms with van der Waals surface area (Å²) in [6, 6.07) is 6.86. The average molecular weight is 296 g/mol. The molecule has 0 fully saturated rings. The van der Waals surface area contributed by atoms with Gasteiger partial charge < -0.3 is 10.6 Å². The van der Waals surface area contributed by atoms with Crippen molar-refractivity contribution in [1.82, 2.24) is 4.98 Å². The van der Waals surface area contributed by atoms with Crippen LogP contribution in [0.25, 0.3) is 0 Å². The Balaban J connectivity index is 1.94. The Labute approximate surface area is 120 Å². The Kier molecular flexibility index (Phi) is 4.39. The van der Waals surface area contributed by atoms with Crippen molar-refractivity contribution in [3.8, 4) is 0 Å². The summed E-state index contributed by atoms with van der Waals surface area (Å²) >= 11 is 7.22. The van der Waals surface area contributed by atoms with Crippen LogP contribution < -0.4 is 10.6 Å². The summed E-state index contributed by atoms with van der Waals surface area (Å²) in [7, 11) is 0. The summed E-state index contributed by atoms with van der Waals surface area (Å²) in [6.45, 7) is 3.69. The highest BCUT2D eigenvalue weighted by atomic mass is 35.5.